The Labute approximate surface area is 379 Å². The van der Waals surface area contributed by atoms with Gasteiger partial charge in [0, 0.05) is 80.3 Å². The number of methoxy groups -OCH3 is 1. The molecule has 6 rings (SSSR count). The predicted molar refractivity (Wildman–Crippen MR) is 223 cm³/mol. The molecule has 3 heterocycles. The average Bonchev–Trinajstić information content (AvgIpc) is 3.85. The van der Waals surface area contributed by atoms with Gasteiger partial charge < -0.3 is 54.3 Å². The number of fused-ring (bicyclic) bond motifs is 14. The molecule has 2 aromatic carbocycles. The van der Waals surface area contributed by atoms with E-state index in [1.807, 2.05) is 0 Å². The minimum absolute atomic E-state index is 0. The van der Waals surface area contributed by atoms with Crippen molar-refractivity contribution in [3.8, 4) is 23.0 Å². The molecule has 15 nitrogen and oxygen atoms in total. The van der Waals surface area contributed by atoms with E-state index in [2.05, 4.69) is 5.32 Å². The van der Waals surface area contributed by atoms with E-state index in [1.54, 1.807) is 51.8 Å². The second-order valence-electron chi connectivity index (χ2n) is 16.6. The first kappa shape index (κ1) is 49.5. The average molecular weight is 860 g/mol. The number of anilines is 1. The Bertz CT molecular complexity index is 2080. The number of aromatic hydroxyl groups is 2. The van der Waals surface area contributed by atoms with Gasteiger partial charge in [-0.3, -0.25) is 19.2 Å². The van der Waals surface area contributed by atoms with E-state index >= 15 is 0 Å². The summed E-state index contributed by atoms with van der Waals surface area (Å²) in [6.07, 6.45) is 7.37. The number of hydrogen-bond acceptors (Lipinski definition) is 13. The van der Waals surface area contributed by atoms with E-state index in [-0.39, 0.29) is 86.2 Å². The van der Waals surface area contributed by atoms with Crippen LogP contribution in [0.2, 0.25) is 0 Å². The summed E-state index contributed by atoms with van der Waals surface area (Å²) in [6.45, 7) is 12.1. The monoisotopic (exact) mass is 859 g/mol. The molecule has 0 spiro atoms. The van der Waals surface area contributed by atoms with E-state index in [1.165, 1.54) is 59.3 Å². The van der Waals surface area contributed by atoms with E-state index in [4.69, 9.17) is 23.7 Å². The van der Waals surface area contributed by atoms with Gasteiger partial charge in [-0.15, -0.1) is 0 Å². The number of hydrogen-bond donors (Lipinski definition) is 5. The maximum absolute atomic E-state index is 14.5. The number of ether oxygens (including phenoxy) is 5. The van der Waals surface area contributed by atoms with Crippen molar-refractivity contribution in [2.75, 3.05) is 26.1 Å². The third-order valence-corrected chi connectivity index (χ3v) is 12.4. The molecular formula is C45H60N2NaO13+. The van der Waals surface area contributed by atoms with Gasteiger partial charge in [0.1, 0.15) is 23.4 Å². The Balaban J connectivity index is 0.00000819. The van der Waals surface area contributed by atoms with Crippen LogP contribution in [-0.4, -0.2) is 106 Å². The number of esters is 1. The van der Waals surface area contributed by atoms with Gasteiger partial charge in [0.25, 0.3) is 17.6 Å². The third kappa shape index (κ3) is 10.2. The van der Waals surface area contributed by atoms with Crippen LogP contribution in [0.15, 0.2) is 42.2 Å². The number of rotatable bonds is 6. The van der Waals surface area contributed by atoms with Crippen LogP contribution in [0.5, 0.6) is 23.0 Å². The number of phenolic OH excluding ortho intramolecular Hbond substituents is 2. The summed E-state index contributed by atoms with van der Waals surface area (Å²) < 4.78 is 29.9. The first-order valence-electron chi connectivity index (χ1n) is 20.5. The molecule has 61 heavy (non-hydrogen) atoms. The number of benzene rings is 2. The molecule has 16 heteroatoms. The number of aliphatic hydroxyl groups is 2. The number of allylic oxidation sites excluding steroid dienone is 2. The summed E-state index contributed by atoms with van der Waals surface area (Å²) in [5.41, 5.74) is 0.0258. The minimum Gasteiger partial charge on any atom is -0.507 e. The van der Waals surface area contributed by atoms with Crippen molar-refractivity contribution in [1.29, 1.82) is 0 Å². The summed E-state index contributed by atoms with van der Waals surface area (Å²) >= 11 is 0. The summed E-state index contributed by atoms with van der Waals surface area (Å²) in [7, 11) is 3.15. The standard InChI is InChI=1S/C45H60N2O13.Na/c1-22-14-13-15-23(2)44(55)46-30-20-32(57-21-33(49)47(9)29-16-11-12-17-29)34-35(40(30)53)39(52)27(6)42-36(34)43(54)45(8,60-42)58-19-18-31(56-10)24(3)41(59-28(7)48)26(5)38(51)25(4)37(22)50;/h13-15,18-20,22,24-26,29,31,37-38,41,50-53H,11-12,16-17,21H2,1-10H3,(H,46,55);/q;+1/b14-13+,19-18+,23-15+;. The number of Topliss-reactive ketones (excluding diaryl/α,β-unsaturated/α-hetero) is 1. The van der Waals surface area contributed by atoms with E-state index in [0.29, 0.717) is 0 Å². The molecule has 5 N–H and O–H groups in total. The van der Waals surface area contributed by atoms with Gasteiger partial charge in [0.2, 0.25) is 0 Å². The Morgan fingerprint density at radius 1 is 0.967 bits per heavy atom. The number of carbonyl (C=O) groups is 4. The molecule has 1 fully saturated rings. The molecular weight excluding hydrogens is 799 g/mol. The SMILES string of the molecule is COC1/C=C/OC2(C)Oc3c(C)c(O)c4c(O)c(cc(OCC(=O)N(C)C5CCCC5)c4c3C2=O)NC(=O)/C(C)=C/C=C/C(C)C(O)C(C)C(O)C(C)C(OC(C)=O)C1C.[Na+]. The first-order valence-corrected chi connectivity index (χ1v) is 20.5. The van der Waals surface area contributed by atoms with Crippen LogP contribution in [0, 0.1) is 30.6 Å². The molecule has 1 aliphatic carbocycles. The number of likely N-dealkylation sites (N-methyl/N-ethyl adjacent to an activating group) is 1. The molecule has 2 aromatic rings. The quantitative estimate of drug-likeness (QED) is 0.161. The molecule has 0 aromatic heterocycles. The largest absolute Gasteiger partial charge is 1.00 e. The molecule has 3 aliphatic heterocycles. The second kappa shape index (κ2) is 20.4. The fourth-order valence-electron chi connectivity index (χ4n) is 8.48. The number of amides is 2. The number of ketones is 1. The van der Waals surface area contributed by atoms with Crippen molar-refractivity contribution in [3.63, 3.8) is 0 Å². The summed E-state index contributed by atoms with van der Waals surface area (Å²) in [4.78, 5) is 55.5. The number of nitrogens with one attached hydrogen (secondary N) is 1. The van der Waals surface area contributed by atoms with Gasteiger partial charge in [0.05, 0.1) is 41.2 Å². The molecule has 1 saturated carbocycles. The zero-order valence-electron chi connectivity index (χ0n) is 37.1. The number of phenols is 2. The molecule has 9 unspecified atom stereocenters. The molecule has 5 bridgehead atoms. The summed E-state index contributed by atoms with van der Waals surface area (Å²) in [5.74, 6) is -7.91. The van der Waals surface area contributed by atoms with E-state index in [0.717, 1.165) is 25.7 Å². The maximum atomic E-state index is 14.5. The Kier molecular flexibility index (Phi) is 16.5. The fourth-order valence-corrected chi connectivity index (χ4v) is 8.48. The van der Waals surface area contributed by atoms with Crippen LogP contribution in [0.25, 0.3) is 10.8 Å². The van der Waals surface area contributed by atoms with Crippen LogP contribution in [-0.2, 0) is 28.6 Å². The van der Waals surface area contributed by atoms with Gasteiger partial charge >= 0.3 is 41.3 Å². The fraction of sp³-hybridized carbons (Fsp3) is 0.556. The van der Waals surface area contributed by atoms with Gasteiger partial charge in [-0.25, -0.2) is 0 Å². The first-order chi connectivity index (χ1) is 28.2. The van der Waals surface area contributed by atoms with Crippen molar-refractivity contribution in [2.24, 2.45) is 23.7 Å². The molecule has 0 saturated heterocycles. The number of carbonyl (C=O) groups excluding carboxylic acids is 4. The van der Waals surface area contributed by atoms with E-state index in [9.17, 15) is 39.6 Å². The molecule has 4 aliphatic rings. The summed E-state index contributed by atoms with van der Waals surface area (Å²) in [5, 5.41) is 48.6. The van der Waals surface area contributed by atoms with Crippen LogP contribution in [0.3, 0.4) is 0 Å². The predicted octanol–water partition coefficient (Wildman–Crippen LogP) is 2.83. The van der Waals surface area contributed by atoms with Crippen LogP contribution in [0.4, 0.5) is 5.69 Å². The molecule has 328 valence electrons. The Morgan fingerprint density at radius 3 is 2.25 bits per heavy atom. The molecule has 0 radical (unpaired) electrons. The van der Waals surface area contributed by atoms with Gasteiger partial charge in [-0.1, -0.05) is 58.8 Å². The molecule has 2 amide bonds. The number of nitrogens with zero attached hydrogens (tertiary/aromatic N) is 1. The van der Waals surface area contributed by atoms with Crippen LogP contribution < -0.4 is 44.3 Å². The Hall–Kier alpha value is -4.12. The van der Waals surface area contributed by atoms with E-state index < -0.39 is 89.6 Å². The smallest absolute Gasteiger partial charge is 0.507 e. The number of aliphatic hydroxyl groups excluding tert-OH is 2. The zero-order chi connectivity index (χ0) is 44.4. The van der Waals surface area contributed by atoms with Gasteiger partial charge in [0.15, 0.2) is 12.4 Å². The second-order valence-corrected chi connectivity index (χ2v) is 16.6. The summed E-state index contributed by atoms with van der Waals surface area (Å²) in [6, 6.07) is 1.34. The maximum Gasteiger partial charge on any atom is 1.00 e. The van der Waals surface area contributed by atoms with Gasteiger partial charge in [-0.05, 0) is 32.8 Å². The zero-order valence-corrected chi connectivity index (χ0v) is 39.1. The van der Waals surface area contributed by atoms with Crippen LogP contribution >= 0.6 is 0 Å². The van der Waals surface area contributed by atoms with Crippen molar-refractivity contribution in [3.05, 3.63) is 53.3 Å². The minimum atomic E-state index is -2.02. The van der Waals surface area contributed by atoms with Crippen molar-refractivity contribution in [2.45, 2.75) is 117 Å². The van der Waals surface area contributed by atoms with Gasteiger partial charge in [-0.2, -0.15) is 0 Å². The van der Waals surface area contributed by atoms with Crippen LogP contribution in [0.1, 0.15) is 90.1 Å². The Morgan fingerprint density at radius 2 is 1.62 bits per heavy atom. The normalized spacial score (nSPS) is 30.7. The van der Waals surface area contributed by atoms with Crippen molar-refractivity contribution < 1.29 is 92.8 Å². The van der Waals surface area contributed by atoms with Crippen molar-refractivity contribution >= 4 is 40.0 Å². The third-order valence-electron chi connectivity index (χ3n) is 12.4. The molecule has 9 atom stereocenters. The topological polar surface area (TPSA) is 211 Å². The van der Waals surface area contributed by atoms with Crippen molar-refractivity contribution in [1.82, 2.24) is 4.90 Å².